The molecule has 0 spiro atoms. The Kier molecular flexibility index (Phi) is 8.98. The van der Waals surface area contributed by atoms with Gasteiger partial charge in [0, 0.05) is 0 Å². The first-order valence-corrected chi connectivity index (χ1v) is 5.96. The maximum Gasteiger partial charge on any atom is 0.239 e. The van der Waals surface area contributed by atoms with Gasteiger partial charge in [-0.05, 0) is 13.5 Å². The number of hydrogen-bond acceptors (Lipinski definition) is 5. The normalized spacial score (nSPS) is 9.58. The molecule has 0 aromatic carbocycles. The van der Waals surface area contributed by atoms with Gasteiger partial charge in [0.1, 0.15) is 5.78 Å². The lowest BCUT2D eigenvalue weighted by molar-refractivity contribution is -0.128. The van der Waals surface area contributed by atoms with E-state index in [1.165, 1.54) is 6.92 Å². The fraction of sp³-hybridized carbons (Fsp3) is 0.636. The third-order valence-corrected chi connectivity index (χ3v) is 1.96. The molecule has 0 bridgehead atoms. The van der Waals surface area contributed by atoms with Crippen LogP contribution in [0.3, 0.4) is 0 Å². The summed E-state index contributed by atoms with van der Waals surface area (Å²) in [6.45, 7) is 3.53. The fourth-order valence-corrected chi connectivity index (χ4v) is 1.01. The Labute approximate surface area is 111 Å². The summed E-state index contributed by atoms with van der Waals surface area (Å²) in [5.41, 5.74) is 0. The first-order chi connectivity index (χ1) is 8.95. The van der Waals surface area contributed by atoms with Gasteiger partial charge < -0.3 is 21.3 Å². The van der Waals surface area contributed by atoms with E-state index in [1.54, 1.807) is 0 Å². The molecule has 19 heavy (non-hydrogen) atoms. The Morgan fingerprint density at radius 2 is 1.16 bits per heavy atom. The number of likely N-dealkylation sites (N-methyl/N-ethyl adjacent to an activating group) is 1. The van der Waals surface area contributed by atoms with Gasteiger partial charge in [-0.3, -0.25) is 19.2 Å². The first kappa shape index (κ1) is 17.0. The predicted molar refractivity (Wildman–Crippen MR) is 68.3 cm³/mol. The van der Waals surface area contributed by atoms with Crippen LogP contribution in [0.15, 0.2) is 0 Å². The molecule has 0 aromatic rings. The van der Waals surface area contributed by atoms with Crippen LogP contribution < -0.4 is 21.3 Å². The molecule has 0 unspecified atom stereocenters. The molecule has 108 valence electrons. The zero-order chi connectivity index (χ0) is 14.7. The number of hydrogen-bond donors (Lipinski definition) is 4. The highest BCUT2D eigenvalue weighted by Crippen LogP contribution is 1.71. The number of carbonyl (C=O) groups is 4. The van der Waals surface area contributed by atoms with Gasteiger partial charge in [0.2, 0.25) is 17.7 Å². The number of amides is 3. The number of Topliss-reactive ketones (excluding diaryl/α,β-unsaturated/α-hetero) is 1. The molecule has 0 aliphatic heterocycles. The lowest BCUT2D eigenvalue weighted by atomic mass is 10.4. The van der Waals surface area contributed by atoms with Crippen molar-refractivity contribution >= 4 is 23.5 Å². The summed E-state index contributed by atoms with van der Waals surface area (Å²) >= 11 is 0. The van der Waals surface area contributed by atoms with E-state index < -0.39 is 11.8 Å². The molecule has 0 rings (SSSR count). The maximum atomic E-state index is 11.3. The summed E-state index contributed by atoms with van der Waals surface area (Å²) in [4.78, 5) is 44.2. The van der Waals surface area contributed by atoms with Crippen molar-refractivity contribution in [3.05, 3.63) is 0 Å². The van der Waals surface area contributed by atoms with E-state index in [0.717, 1.165) is 0 Å². The van der Waals surface area contributed by atoms with Crippen LogP contribution in [0.1, 0.15) is 13.8 Å². The molecule has 0 heterocycles. The zero-order valence-corrected chi connectivity index (χ0v) is 11.2. The lowest BCUT2D eigenvalue weighted by Crippen LogP contribution is -2.44. The molecule has 8 nitrogen and oxygen atoms in total. The number of ketones is 1. The Balaban J connectivity index is 3.66. The van der Waals surface area contributed by atoms with Gasteiger partial charge in [-0.2, -0.15) is 0 Å². The Hall–Kier alpha value is -1.96. The van der Waals surface area contributed by atoms with Gasteiger partial charge in [-0.25, -0.2) is 0 Å². The van der Waals surface area contributed by atoms with Crippen LogP contribution in [-0.4, -0.2) is 56.2 Å². The largest absolute Gasteiger partial charge is 0.348 e. The van der Waals surface area contributed by atoms with Crippen molar-refractivity contribution in [3.8, 4) is 0 Å². The minimum absolute atomic E-state index is 0.0614. The Morgan fingerprint density at radius 3 is 1.58 bits per heavy atom. The lowest BCUT2D eigenvalue weighted by Gasteiger charge is -2.07. The van der Waals surface area contributed by atoms with Crippen molar-refractivity contribution in [2.75, 3.05) is 32.7 Å². The van der Waals surface area contributed by atoms with E-state index >= 15 is 0 Å². The topological polar surface area (TPSA) is 116 Å². The van der Waals surface area contributed by atoms with E-state index in [1.807, 2.05) is 6.92 Å². The van der Waals surface area contributed by atoms with Gasteiger partial charge in [0.25, 0.3) is 0 Å². The molecular weight excluding hydrogens is 252 g/mol. The fourth-order valence-electron chi connectivity index (χ4n) is 1.01. The molecular formula is C11H20N4O4. The van der Waals surface area contributed by atoms with Crippen LogP contribution >= 0.6 is 0 Å². The molecule has 0 fully saturated rings. The minimum atomic E-state index is -0.470. The molecule has 0 saturated carbocycles. The third-order valence-electron chi connectivity index (χ3n) is 1.96. The van der Waals surface area contributed by atoms with E-state index in [0.29, 0.717) is 6.54 Å². The smallest absolute Gasteiger partial charge is 0.239 e. The monoisotopic (exact) mass is 272 g/mol. The van der Waals surface area contributed by atoms with Crippen molar-refractivity contribution in [2.24, 2.45) is 0 Å². The highest BCUT2D eigenvalue weighted by atomic mass is 16.2. The molecule has 0 aliphatic rings. The van der Waals surface area contributed by atoms with Crippen molar-refractivity contribution in [1.82, 2.24) is 21.3 Å². The minimum Gasteiger partial charge on any atom is -0.348 e. The second-order valence-corrected chi connectivity index (χ2v) is 3.81. The van der Waals surface area contributed by atoms with E-state index in [-0.39, 0.29) is 37.9 Å². The van der Waals surface area contributed by atoms with Crippen LogP contribution in [0.2, 0.25) is 0 Å². The van der Waals surface area contributed by atoms with Crippen LogP contribution in [-0.2, 0) is 19.2 Å². The summed E-state index contributed by atoms with van der Waals surface area (Å²) < 4.78 is 0. The highest BCUT2D eigenvalue weighted by molar-refractivity contribution is 5.90. The predicted octanol–water partition coefficient (Wildman–Crippen LogP) is -2.47. The molecule has 0 aliphatic carbocycles. The van der Waals surface area contributed by atoms with Crippen molar-refractivity contribution in [2.45, 2.75) is 13.8 Å². The average molecular weight is 272 g/mol. The standard InChI is InChI=1S/C11H20N4O4/c1-3-12-5-9(17)14-7-11(19)15-6-10(18)13-4-8(2)16/h12H,3-7H2,1-2H3,(H,13,18)(H,14,17)(H,15,19). The molecule has 8 heteroatoms. The van der Waals surface area contributed by atoms with Crippen LogP contribution in [0.5, 0.6) is 0 Å². The average Bonchev–Trinajstić information content (AvgIpc) is 2.37. The molecule has 3 amide bonds. The number of carbonyl (C=O) groups excluding carboxylic acids is 4. The second kappa shape index (κ2) is 10.0. The van der Waals surface area contributed by atoms with E-state index in [9.17, 15) is 19.2 Å². The Morgan fingerprint density at radius 1 is 0.737 bits per heavy atom. The zero-order valence-electron chi connectivity index (χ0n) is 11.2. The summed E-state index contributed by atoms with van der Waals surface area (Å²) in [7, 11) is 0. The van der Waals surface area contributed by atoms with E-state index in [2.05, 4.69) is 21.3 Å². The van der Waals surface area contributed by atoms with Crippen molar-refractivity contribution in [3.63, 3.8) is 0 Å². The van der Waals surface area contributed by atoms with Crippen LogP contribution in [0.25, 0.3) is 0 Å². The highest BCUT2D eigenvalue weighted by Gasteiger charge is 2.07. The molecule has 0 aromatic heterocycles. The quantitative estimate of drug-likeness (QED) is 0.371. The van der Waals surface area contributed by atoms with Gasteiger partial charge >= 0.3 is 0 Å². The Bertz CT molecular complexity index is 344. The van der Waals surface area contributed by atoms with Crippen molar-refractivity contribution in [1.29, 1.82) is 0 Å². The van der Waals surface area contributed by atoms with Gasteiger partial charge in [-0.1, -0.05) is 6.92 Å². The maximum absolute atomic E-state index is 11.3. The van der Waals surface area contributed by atoms with Crippen LogP contribution in [0.4, 0.5) is 0 Å². The number of rotatable bonds is 9. The number of nitrogens with one attached hydrogen (secondary N) is 4. The van der Waals surface area contributed by atoms with Gasteiger partial charge in [0.05, 0.1) is 26.2 Å². The van der Waals surface area contributed by atoms with Crippen LogP contribution in [0, 0.1) is 0 Å². The second-order valence-electron chi connectivity index (χ2n) is 3.81. The molecule has 4 N–H and O–H groups in total. The molecule has 0 atom stereocenters. The van der Waals surface area contributed by atoms with Gasteiger partial charge in [-0.15, -0.1) is 0 Å². The summed E-state index contributed by atoms with van der Waals surface area (Å²) in [5.74, 6) is -1.39. The molecule has 0 saturated heterocycles. The van der Waals surface area contributed by atoms with Gasteiger partial charge in [0.15, 0.2) is 0 Å². The van der Waals surface area contributed by atoms with Crippen molar-refractivity contribution < 1.29 is 19.2 Å². The first-order valence-electron chi connectivity index (χ1n) is 5.96. The molecule has 0 radical (unpaired) electrons. The summed E-state index contributed by atoms with van der Waals surface area (Å²) in [5, 5.41) is 9.85. The summed E-state index contributed by atoms with van der Waals surface area (Å²) in [6, 6.07) is 0. The SMILES string of the molecule is CCNCC(=O)NCC(=O)NCC(=O)NCC(C)=O. The summed E-state index contributed by atoms with van der Waals surface area (Å²) in [6.07, 6.45) is 0. The van der Waals surface area contributed by atoms with E-state index in [4.69, 9.17) is 0 Å². The third kappa shape index (κ3) is 10.9.